The lowest BCUT2D eigenvalue weighted by Crippen LogP contribution is -2.29. The van der Waals surface area contributed by atoms with Gasteiger partial charge in [-0.25, -0.2) is 0 Å². The van der Waals surface area contributed by atoms with E-state index in [0.29, 0.717) is 5.56 Å². The van der Waals surface area contributed by atoms with Crippen LogP contribution < -0.4 is 0 Å². The lowest BCUT2D eigenvalue weighted by atomic mass is 10.0. The molecule has 3 rings (SSSR count). The van der Waals surface area contributed by atoms with Crippen molar-refractivity contribution < 1.29 is 9.90 Å². The molecule has 6 heteroatoms. The summed E-state index contributed by atoms with van der Waals surface area (Å²) in [6.07, 6.45) is 3.20. The first-order chi connectivity index (χ1) is 11.6. The molecule has 1 N–H and O–H groups in total. The van der Waals surface area contributed by atoms with Crippen molar-refractivity contribution in [2.24, 2.45) is 0 Å². The Morgan fingerprint density at radius 3 is 2.33 bits per heavy atom. The lowest BCUT2D eigenvalue weighted by molar-refractivity contribution is 0.0741. The number of phenols is 1. The predicted molar refractivity (Wildman–Crippen MR) is 90.0 cm³/mol. The minimum atomic E-state index is -0.240. The van der Waals surface area contributed by atoms with Crippen molar-refractivity contribution >= 4 is 5.91 Å². The molecule has 0 saturated carbocycles. The second-order valence-corrected chi connectivity index (χ2v) is 5.57. The smallest absolute Gasteiger partial charge is 0.254 e. The highest BCUT2D eigenvalue weighted by Gasteiger charge is 2.20. The van der Waals surface area contributed by atoms with E-state index in [1.807, 2.05) is 31.2 Å². The van der Waals surface area contributed by atoms with Crippen LogP contribution in [0.4, 0.5) is 0 Å². The summed E-state index contributed by atoms with van der Waals surface area (Å²) in [6, 6.07) is 14.0. The van der Waals surface area contributed by atoms with Crippen molar-refractivity contribution in [3.63, 3.8) is 0 Å². The van der Waals surface area contributed by atoms with Crippen LogP contribution in [0.25, 0.3) is 5.69 Å². The van der Waals surface area contributed by atoms with Gasteiger partial charge in [-0.15, -0.1) is 10.2 Å². The highest BCUT2D eigenvalue weighted by Crippen LogP contribution is 2.28. The number of rotatable bonds is 4. The number of carbonyl (C=O) groups is 1. The van der Waals surface area contributed by atoms with Gasteiger partial charge < -0.3 is 10.0 Å². The zero-order chi connectivity index (χ0) is 17.1. The number of carbonyl (C=O) groups excluding carboxylic acids is 1. The number of hydrogen-bond donors (Lipinski definition) is 1. The fourth-order valence-corrected chi connectivity index (χ4v) is 2.54. The number of nitrogens with zero attached hydrogens (tertiary/aromatic N) is 4. The summed E-state index contributed by atoms with van der Waals surface area (Å²) >= 11 is 0. The molecule has 0 radical (unpaired) electrons. The van der Waals surface area contributed by atoms with Gasteiger partial charge in [0.05, 0.1) is 6.04 Å². The zero-order valence-electron chi connectivity index (χ0n) is 13.5. The molecule has 1 amide bonds. The summed E-state index contributed by atoms with van der Waals surface area (Å²) in [4.78, 5) is 14.3. The number of benzene rings is 2. The number of para-hydroxylation sites is 1. The Bertz CT molecular complexity index is 828. The molecule has 0 aliphatic rings. The highest BCUT2D eigenvalue weighted by atomic mass is 16.3. The van der Waals surface area contributed by atoms with E-state index in [-0.39, 0.29) is 17.7 Å². The lowest BCUT2D eigenvalue weighted by Gasteiger charge is -2.26. The summed E-state index contributed by atoms with van der Waals surface area (Å²) in [5, 5.41) is 17.5. The molecule has 0 unspecified atom stereocenters. The molecule has 0 fully saturated rings. The van der Waals surface area contributed by atoms with Gasteiger partial charge in [0.15, 0.2) is 0 Å². The zero-order valence-corrected chi connectivity index (χ0v) is 13.5. The largest absolute Gasteiger partial charge is 0.508 e. The summed E-state index contributed by atoms with van der Waals surface area (Å²) in [5.74, 6) is 0.0775. The molecule has 0 aliphatic carbocycles. The molecule has 6 nitrogen and oxygen atoms in total. The van der Waals surface area contributed by atoms with Crippen LogP contribution in [0.15, 0.2) is 61.2 Å². The van der Waals surface area contributed by atoms with Crippen molar-refractivity contribution in [3.05, 3.63) is 72.3 Å². The average molecular weight is 322 g/mol. The van der Waals surface area contributed by atoms with Crippen molar-refractivity contribution in [2.75, 3.05) is 7.05 Å². The average Bonchev–Trinajstić information content (AvgIpc) is 3.15. The molecule has 0 spiro atoms. The molecule has 122 valence electrons. The first-order valence-corrected chi connectivity index (χ1v) is 7.58. The van der Waals surface area contributed by atoms with Crippen LogP contribution in [0.3, 0.4) is 0 Å². The number of aromatic hydroxyl groups is 1. The highest BCUT2D eigenvalue weighted by molar-refractivity contribution is 5.94. The Hall–Kier alpha value is -3.15. The van der Waals surface area contributed by atoms with Gasteiger partial charge in [-0.3, -0.25) is 9.36 Å². The van der Waals surface area contributed by atoms with E-state index < -0.39 is 0 Å². The van der Waals surface area contributed by atoms with Gasteiger partial charge in [-0.2, -0.15) is 0 Å². The van der Waals surface area contributed by atoms with E-state index in [0.717, 1.165) is 11.3 Å². The monoisotopic (exact) mass is 322 g/mol. The maximum atomic E-state index is 12.7. The summed E-state index contributed by atoms with van der Waals surface area (Å²) < 4.78 is 1.77. The second-order valence-electron chi connectivity index (χ2n) is 5.57. The molecule has 0 saturated heterocycles. The predicted octanol–water partition coefficient (Wildman–Crippen LogP) is 2.81. The van der Waals surface area contributed by atoms with Gasteiger partial charge in [0, 0.05) is 23.9 Å². The van der Waals surface area contributed by atoms with Crippen LogP contribution in [0, 0.1) is 0 Å². The Morgan fingerprint density at radius 1 is 1.08 bits per heavy atom. The van der Waals surface area contributed by atoms with Gasteiger partial charge in [0.25, 0.3) is 5.91 Å². The molecular weight excluding hydrogens is 304 g/mol. The fourth-order valence-electron chi connectivity index (χ4n) is 2.54. The first kappa shape index (κ1) is 15.7. The van der Waals surface area contributed by atoms with E-state index in [2.05, 4.69) is 10.2 Å². The maximum Gasteiger partial charge on any atom is 0.254 e. The van der Waals surface area contributed by atoms with Crippen LogP contribution >= 0.6 is 0 Å². The van der Waals surface area contributed by atoms with Crippen molar-refractivity contribution in [2.45, 2.75) is 13.0 Å². The topological polar surface area (TPSA) is 71.2 Å². The van der Waals surface area contributed by atoms with Gasteiger partial charge in [-0.1, -0.05) is 18.2 Å². The fraction of sp³-hybridized carbons (Fsp3) is 0.167. The van der Waals surface area contributed by atoms with Crippen molar-refractivity contribution in [3.8, 4) is 11.4 Å². The Labute approximate surface area is 140 Å². The first-order valence-electron chi connectivity index (χ1n) is 7.58. The third kappa shape index (κ3) is 2.99. The summed E-state index contributed by atoms with van der Waals surface area (Å²) in [7, 11) is 1.73. The molecular formula is C18H18N4O2. The van der Waals surface area contributed by atoms with E-state index in [9.17, 15) is 9.90 Å². The summed E-state index contributed by atoms with van der Waals surface area (Å²) in [6.45, 7) is 1.89. The molecule has 3 aromatic rings. The van der Waals surface area contributed by atoms with E-state index >= 15 is 0 Å². The normalized spacial score (nSPS) is 11.9. The second kappa shape index (κ2) is 6.54. The van der Waals surface area contributed by atoms with Crippen LogP contribution in [0.1, 0.15) is 28.9 Å². The van der Waals surface area contributed by atoms with Crippen molar-refractivity contribution in [1.29, 1.82) is 0 Å². The van der Waals surface area contributed by atoms with Crippen LogP contribution in [-0.2, 0) is 0 Å². The third-order valence-corrected chi connectivity index (χ3v) is 4.12. The Balaban J connectivity index is 1.79. The Kier molecular flexibility index (Phi) is 4.29. The van der Waals surface area contributed by atoms with Crippen molar-refractivity contribution in [1.82, 2.24) is 19.7 Å². The molecule has 1 aromatic heterocycles. The molecule has 24 heavy (non-hydrogen) atoms. The molecule has 1 atom stereocenters. The van der Waals surface area contributed by atoms with Crippen LogP contribution in [0.5, 0.6) is 5.75 Å². The Morgan fingerprint density at radius 2 is 1.71 bits per heavy atom. The van der Waals surface area contributed by atoms with E-state index in [4.69, 9.17) is 0 Å². The van der Waals surface area contributed by atoms with E-state index in [1.165, 1.54) is 0 Å². The molecule has 2 aromatic carbocycles. The SMILES string of the molecule is C[C@H](c1ccccc1O)N(C)C(=O)c1ccc(-n2cnnc2)cc1. The maximum absolute atomic E-state index is 12.7. The minimum Gasteiger partial charge on any atom is -0.508 e. The van der Waals surface area contributed by atoms with Gasteiger partial charge >= 0.3 is 0 Å². The number of hydrogen-bond acceptors (Lipinski definition) is 4. The molecule has 0 aliphatic heterocycles. The number of phenolic OH excluding ortho intramolecular Hbond substituents is 1. The third-order valence-electron chi connectivity index (χ3n) is 4.12. The molecule has 0 bridgehead atoms. The standard InChI is InChI=1S/C18H18N4O2/c1-13(16-5-3-4-6-17(16)23)21(2)18(24)14-7-9-15(10-8-14)22-11-19-20-12-22/h3-13,23H,1-2H3/t13-/m1/s1. The quantitative estimate of drug-likeness (QED) is 0.802. The molecule has 1 heterocycles. The van der Waals surface area contributed by atoms with Crippen LogP contribution in [0.2, 0.25) is 0 Å². The number of aromatic nitrogens is 3. The minimum absolute atomic E-state index is 0.110. The number of amides is 1. The summed E-state index contributed by atoms with van der Waals surface area (Å²) in [5.41, 5.74) is 2.18. The van der Waals surface area contributed by atoms with Gasteiger partial charge in [0.2, 0.25) is 0 Å². The van der Waals surface area contributed by atoms with Gasteiger partial charge in [0.1, 0.15) is 18.4 Å². The van der Waals surface area contributed by atoms with E-state index in [1.54, 1.807) is 53.4 Å². The van der Waals surface area contributed by atoms with Crippen LogP contribution in [-0.4, -0.2) is 37.7 Å². The van der Waals surface area contributed by atoms with Gasteiger partial charge in [-0.05, 0) is 37.3 Å².